The summed E-state index contributed by atoms with van der Waals surface area (Å²) in [7, 11) is 0. The van der Waals surface area contributed by atoms with Gasteiger partial charge in [-0.2, -0.15) is 0 Å². The standard InChI is InChI=1S/C13H12O2/c14-8-9-15-10-12-6-3-5-11-4-1-2-7-13(11)12/h1-9,14H,10H2. The topological polar surface area (TPSA) is 29.5 Å². The molecule has 0 radical (unpaired) electrons. The first-order chi connectivity index (χ1) is 7.42. The van der Waals surface area contributed by atoms with Gasteiger partial charge in [-0.15, -0.1) is 0 Å². The molecular formula is C13H12O2. The third kappa shape index (κ3) is 2.10. The van der Waals surface area contributed by atoms with E-state index in [0.717, 1.165) is 11.8 Å². The van der Waals surface area contributed by atoms with E-state index in [1.54, 1.807) is 0 Å². The molecule has 0 aromatic heterocycles. The van der Waals surface area contributed by atoms with E-state index >= 15 is 0 Å². The average Bonchev–Trinajstić information content (AvgIpc) is 2.30. The minimum Gasteiger partial charge on any atom is -0.512 e. The summed E-state index contributed by atoms with van der Waals surface area (Å²) in [6.45, 7) is 0.471. The van der Waals surface area contributed by atoms with Crippen LogP contribution in [0.15, 0.2) is 55.0 Å². The molecule has 2 rings (SSSR count). The Morgan fingerprint density at radius 3 is 2.73 bits per heavy atom. The van der Waals surface area contributed by atoms with Crippen LogP contribution in [0, 0.1) is 0 Å². The van der Waals surface area contributed by atoms with Gasteiger partial charge in [0.15, 0.2) is 0 Å². The molecule has 15 heavy (non-hydrogen) atoms. The highest BCUT2D eigenvalue weighted by atomic mass is 16.5. The number of aliphatic hydroxyl groups is 1. The lowest BCUT2D eigenvalue weighted by Gasteiger charge is -2.05. The summed E-state index contributed by atoms with van der Waals surface area (Å²) in [5, 5.41) is 10.8. The van der Waals surface area contributed by atoms with Gasteiger partial charge in [-0.1, -0.05) is 42.5 Å². The number of hydrogen-bond donors (Lipinski definition) is 1. The predicted molar refractivity (Wildman–Crippen MR) is 60.5 cm³/mol. The summed E-state index contributed by atoms with van der Waals surface area (Å²) in [5.74, 6) is 0. The van der Waals surface area contributed by atoms with E-state index in [0.29, 0.717) is 6.61 Å². The normalized spacial score (nSPS) is 10.9. The molecule has 1 N–H and O–H groups in total. The van der Waals surface area contributed by atoms with E-state index in [1.165, 1.54) is 17.0 Å². The fourth-order valence-electron chi connectivity index (χ4n) is 1.60. The molecule has 0 aliphatic rings. The molecule has 76 valence electrons. The molecule has 0 amide bonds. The lowest BCUT2D eigenvalue weighted by molar-refractivity contribution is 0.227. The molecule has 0 aliphatic carbocycles. The Hall–Kier alpha value is -1.96. The van der Waals surface area contributed by atoms with Gasteiger partial charge in [0.25, 0.3) is 0 Å². The van der Waals surface area contributed by atoms with Crippen molar-refractivity contribution in [1.82, 2.24) is 0 Å². The van der Waals surface area contributed by atoms with E-state index in [-0.39, 0.29) is 0 Å². The molecule has 0 heterocycles. The van der Waals surface area contributed by atoms with Crippen molar-refractivity contribution in [3.05, 3.63) is 60.6 Å². The fraction of sp³-hybridized carbons (Fsp3) is 0.0769. The first-order valence-electron chi connectivity index (χ1n) is 4.79. The van der Waals surface area contributed by atoms with E-state index in [4.69, 9.17) is 9.84 Å². The third-order valence-electron chi connectivity index (χ3n) is 2.28. The van der Waals surface area contributed by atoms with Gasteiger partial charge in [0.05, 0.1) is 0 Å². The van der Waals surface area contributed by atoms with Crippen molar-refractivity contribution in [3.8, 4) is 0 Å². The predicted octanol–water partition coefficient (Wildman–Crippen LogP) is 3.39. The molecule has 0 unspecified atom stereocenters. The van der Waals surface area contributed by atoms with Gasteiger partial charge < -0.3 is 9.84 Å². The van der Waals surface area contributed by atoms with Crippen LogP contribution in [0.5, 0.6) is 0 Å². The zero-order chi connectivity index (χ0) is 10.5. The Bertz CT molecular complexity index is 469. The Kier molecular flexibility index (Phi) is 2.88. The summed E-state index contributed by atoms with van der Waals surface area (Å²) >= 11 is 0. The Morgan fingerprint density at radius 2 is 1.87 bits per heavy atom. The van der Waals surface area contributed by atoms with Crippen molar-refractivity contribution in [3.63, 3.8) is 0 Å². The Morgan fingerprint density at radius 1 is 1.07 bits per heavy atom. The SMILES string of the molecule is OC=COCc1cccc2ccccc12. The highest BCUT2D eigenvalue weighted by Crippen LogP contribution is 2.18. The highest BCUT2D eigenvalue weighted by Gasteiger charge is 1.98. The molecule has 2 aromatic carbocycles. The van der Waals surface area contributed by atoms with Crippen LogP contribution >= 0.6 is 0 Å². The second-order valence-electron chi connectivity index (χ2n) is 3.23. The van der Waals surface area contributed by atoms with Gasteiger partial charge in [0.1, 0.15) is 19.1 Å². The summed E-state index contributed by atoms with van der Waals surface area (Å²) in [6, 6.07) is 14.3. The van der Waals surface area contributed by atoms with E-state index < -0.39 is 0 Å². The molecule has 0 saturated heterocycles. The maximum absolute atomic E-state index is 8.45. The van der Waals surface area contributed by atoms with E-state index in [9.17, 15) is 0 Å². The summed E-state index contributed by atoms with van der Waals surface area (Å²) < 4.78 is 5.15. The van der Waals surface area contributed by atoms with Crippen LogP contribution in [-0.4, -0.2) is 5.11 Å². The van der Waals surface area contributed by atoms with Gasteiger partial charge in [-0.05, 0) is 16.3 Å². The number of ether oxygens (including phenoxy) is 1. The van der Waals surface area contributed by atoms with Crippen LogP contribution in [0.2, 0.25) is 0 Å². The highest BCUT2D eigenvalue weighted by molar-refractivity contribution is 5.85. The smallest absolute Gasteiger partial charge is 0.118 e. The molecule has 0 saturated carbocycles. The summed E-state index contributed by atoms with van der Waals surface area (Å²) in [6.07, 6.45) is 2.17. The molecule has 0 atom stereocenters. The largest absolute Gasteiger partial charge is 0.512 e. The fourth-order valence-corrected chi connectivity index (χ4v) is 1.60. The number of rotatable bonds is 3. The number of hydrogen-bond acceptors (Lipinski definition) is 2. The van der Waals surface area contributed by atoms with Gasteiger partial charge in [0.2, 0.25) is 0 Å². The summed E-state index contributed by atoms with van der Waals surface area (Å²) in [4.78, 5) is 0. The van der Waals surface area contributed by atoms with Crippen LogP contribution < -0.4 is 0 Å². The minimum atomic E-state index is 0.471. The second kappa shape index (κ2) is 4.51. The van der Waals surface area contributed by atoms with Crippen LogP contribution in [0.4, 0.5) is 0 Å². The molecule has 0 fully saturated rings. The Balaban J connectivity index is 2.34. The average molecular weight is 200 g/mol. The van der Waals surface area contributed by atoms with Gasteiger partial charge in [-0.25, -0.2) is 0 Å². The van der Waals surface area contributed by atoms with E-state index in [2.05, 4.69) is 18.2 Å². The van der Waals surface area contributed by atoms with Crippen LogP contribution in [0.1, 0.15) is 5.56 Å². The number of aliphatic hydroxyl groups excluding tert-OH is 1. The van der Waals surface area contributed by atoms with Crippen LogP contribution in [-0.2, 0) is 11.3 Å². The van der Waals surface area contributed by atoms with Crippen molar-refractivity contribution >= 4 is 10.8 Å². The van der Waals surface area contributed by atoms with Crippen molar-refractivity contribution in [2.75, 3.05) is 0 Å². The monoisotopic (exact) mass is 200 g/mol. The quantitative estimate of drug-likeness (QED) is 0.769. The molecular weight excluding hydrogens is 188 g/mol. The third-order valence-corrected chi connectivity index (χ3v) is 2.28. The van der Waals surface area contributed by atoms with Crippen molar-refractivity contribution < 1.29 is 9.84 Å². The van der Waals surface area contributed by atoms with Crippen molar-refractivity contribution in [2.45, 2.75) is 6.61 Å². The first-order valence-corrected chi connectivity index (χ1v) is 4.79. The van der Waals surface area contributed by atoms with Gasteiger partial charge in [-0.3, -0.25) is 0 Å². The Labute approximate surface area is 88.4 Å². The van der Waals surface area contributed by atoms with Gasteiger partial charge in [0, 0.05) is 0 Å². The minimum absolute atomic E-state index is 0.471. The number of fused-ring (bicyclic) bond motifs is 1. The molecule has 0 bridgehead atoms. The first kappa shape index (κ1) is 9.59. The van der Waals surface area contributed by atoms with E-state index in [1.807, 2.05) is 24.3 Å². The lowest BCUT2D eigenvalue weighted by atomic mass is 10.1. The molecule has 0 spiro atoms. The van der Waals surface area contributed by atoms with Crippen LogP contribution in [0.3, 0.4) is 0 Å². The van der Waals surface area contributed by atoms with Crippen molar-refractivity contribution in [2.24, 2.45) is 0 Å². The summed E-state index contributed by atoms with van der Waals surface area (Å²) in [5.41, 5.74) is 1.12. The van der Waals surface area contributed by atoms with Crippen molar-refractivity contribution in [1.29, 1.82) is 0 Å². The number of benzene rings is 2. The maximum atomic E-state index is 8.45. The van der Waals surface area contributed by atoms with Gasteiger partial charge >= 0.3 is 0 Å². The lowest BCUT2D eigenvalue weighted by Crippen LogP contribution is -1.88. The second-order valence-corrected chi connectivity index (χ2v) is 3.23. The zero-order valence-electron chi connectivity index (χ0n) is 8.26. The molecule has 2 nitrogen and oxygen atoms in total. The van der Waals surface area contributed by atoms with Crippen LogP contribution in [0.25, 0.3) is 10.8 Å². The molecule has 2 heteroatoms. The molecule has 2 aromatic rings. The zero-order valence-corrected chi connectivity index (χ0v) is 8.26. The maximum Gasteiger partial charge on any atom is 0.118 e. The molecule has 0 aliphatic heterocycles.